The van der Waals surface area contributed by atoms with Crippen LogP contribution in [-0.4, -0.2) is 59.8 Å². The largest absolute Gasteiger partial charge is 0.393 e. The predicted molar refractivity (Wildman–Crippen MR) is 89.6 cm³/mol. The quantitative estimate of drug-likeness (QED) is 0.689. The van der Waals surface area contributed by atoms with Crippen molar-refractivity contribution >= 4 is 9.84 Å². The molecule has 3 aliphatic carbocycles. The molecule has 2 spiro atoms. The molecule has 5 aliphatic rings. The van der Waals surface area contributed by atoms with E-state index in [-0.39, 0.29) is 36.2 Å². The molecule has 5 fully saturated rings. The lowest BCUT2D eigenvalue weighted by molar-refractivity contribution is -0.290. The smallest absolute Gasteiger partial charge is 0.164 e. The van der Waals surface area contributed by atoms with Crippen molar-refractivity contribution in [3.8, 4) is 0 Å². The van der Waals surface area contributed by atoms with Gasteiger partial charge in [0.05, 0.1) is 30.2 Å². The first kappa shape index (κ1) is 16.9. The van der Waals surface area contributed by atoms with Gasteiger partial charge in [0.15, 0.2) is 15.6 Å². The summed E-state index contributed by atoms with van der Waals surface area (Å²) in [6, 6.07) is 0. The van der Waals surface area contributed by atoms with E-state index in [4.69, 9.17) is 14.2 Å². The zero-order valence-corrected chi connectivity index (χ0v) is 16.1. The summed E-state index contributed by atoms with van der Waals surface area (Å²) in [6.45, 7) is 8.07. The van der Waals surface area contributed by atoms with E-state index in [9.17, 15) is 13.5 Å². The summed E-state index contributed by atoms with van der Waals surface area (Å²) in [6.07, 6.45) is 1.04. The molecule has 5 rings (SSSR count). The summed E-state index contributed by atoms with van der Waals surface area (Å²) >= 11 is 0. The molecular formula is C18H28O6S. The van der Waals surface area contributed by atoms with Crippen LogP contribution in [0.2, 0.25) is 0 Å². The monoisotopic (exact) mass is 372 g/mol. The molecule has 3 saturated carbocycles. The van der Waals surface area contributed by atoms with Crippen LogP contribution in [0.4, 0.5) is 0 Å². The second kappa shape index (κ2) is 4.43. The van der Waals surface area contributed by atoms with Gasteiger partial charge in [-0.3, -0.25) is 0 Å². The fourth-order valence-corrected chi connectivity index (χ4v) is 10.3. The Labute approximate surface area is 149 Å². The number of sulfone groups is 1. The van der Waals surface area contributed by atoms with Crippen LogP contribution in [0.15, 0.2) is 0 Å². The van der Waals surface area contributed by atoms with Crippen LogP contribution in [0.1, 0.15) is 47.0 Å². The molecule has 0 aromatic heterocycles. The molecule has 2 heterocycles. The lowest BCUT2D eigenvalue weighted by Gasteiger charge is -2.73. The third kappa shape index (κ3) is 1.61. The Morgan fingerprint density at radius 1 is 1.20 bits per heavy atom. The molecule has 0 unspecified atom stereocenters. The molecule has 2 aliphatic heterocycles. The highest BCUT2D eigenvalue weighted by molar-refractivity contribution is 7.93. The molecule has 0 amide bonds. The van der Waals surface area contributed by atoms with Gasteiger partial charge in [-0.15, -0.1) is 0 Å². The van der Waals surface area contributed by atoms with Crippen LogP contribution in [-0.2, 0) is 24.0 Å². The van der Waals surface area contributed by atoms with E-state index in [2.05, 4.69) is 6.92 Å². The number of aliphatic hydroxyl groups excluding tert-OH is 1. The maximum atomic E-state index is 13.4. The Kier molecular flexibility index (Phi) is 3.00. The third-order valence-electron chi connectivity index (χ3n) is 7.81. The van der Waals surface area contributed by atoms with Crippen LogP contribution in [0.3, 0.4) is 0 Å². The van der Waals surface area contributed by atoms with Gasteiger partial charge in [0, 0.05) is 11.8 Å². The van der Waals surface area contributed by atoms with Gasteiger partial charge in [-0.05, 0) is 46.0 Å². The molecule has 1 N–H and O–H groups in total. The maximum Gasteiger partial charge on any atom is 0.164 e. The fourth-order valence-electron chi connectivity index (χ4n) is 7.51. The van der Waals surface area contributed by atoms with E-state index in [0.717, 1.165) is 0 Å². The first-order valence-electron chi connectivity index (χ1n) is 9.43. The number of hydrogen-bond donors (Lipinski definition) is 1. The van der Waals surface area contributed by atoms with E-state index in [0.29, 0.717) is 19.3 Å². The Hall–Kier alpha value is -0.210. The highest BCUT2D eigenvalue weighted by Gasteiger charge is 2.88. The van der Waals surface area contributed by atoms with Gasteiger partial charge < -0.3 is 19.3 Å². The van der Waals surface area contributed by atoms with Crippen LogP contribution in [0.5, 0.6) is 0 Å². The minimum atomic E-state index is -3.35. The summed E-state index contributed by atoms with van der Waals surface area (Å²) in [5.74, 6) is -1.12. The molecule has 6 nitrogen and oxygen atoms in total. The highest BCUT2D eigenvalue weighted by atomic mass is 32.2. The topological polar surface area (TPSA) is 82.1 Å². The van der Waals surface area contributed by atoms with Gasteiger partial charge in [0.25, 0.3) is 0 Å². The minimum Gasteiger partial charge on any atom is -0.393 e. The molecule has 25 heavy (non-hydrogen) atoms. The highest BCUT2D eigenvalue weighted by Crippen LogP contribution is 2.75. The molecule has 2 saturated heterocycles. The average Bonchev–Trinajstić information content (AvgIpc) is 2.87. The van der Waals surface area contributed by atoms with Crippen molar-refractivity contribution < 1.29 is 27.7 Å². The van der Waals surface area contributed by atoms with Crippen molar-refractivity contribution in [2.45, 2.75) is 80.9 Å². The van der Waals surface area contributed by atoms with Crippen molar-refractivity contribution in [1.82, 2.24) is 0 Å². The van der Waals surface area contributed by atoms with Crippen molar-refractivity contribution in [1.29, 1.82) is 0 Å². The van der Waals surface area contributed by atoms with Crippen LogP contribution in [0, 0.1) is 17.8 Å². The second-order valence-electron chi connectivity index (χ2n) is 9.46. The van der Waals surface area contributed by atoms with Gasteiger partial charge in [-0.1, -0.05) is 6.92 Å². The van der Waals surface area contributed by atoms with Crippen LogP contribution in [0.25, 0.3) is 0 Å². The first-order valence-corrected chi connectivity index (χ1v) is 11.1. The predicted octanol–water partition coefficient (Wildman–Crippen LogP) is 1.26. The Morgan fingerprint density at radius 2 is 1.92 bits per heavy atom. The van der Waals surface area contributed by atoms with Crippen molar-refractivity contribution in [2.75, 3.05) is 12.4 Å². The van der Waals surface area contributed by atoms with Gasteiger partial charge in [0.1, 0.15) is 10.3 Å². The molecular weight excluding hydrogens is 344 g/mol. The van der Waals surface area contributed by atoms with Crippen LogP contribution < -0.4 is 0 Å². The third-order valence-corrected chi connectivity index (χ3v) is 10.4. The number of rotatable bonds is 0. The SMILES string of the molecule is C[C@H]1C[C@@]23[C@H]([C@H]4[C@@H](O)CC[C@]42OCCS3(=O)=O)[C@@]2(C)OC(C)(C)O[C@@H]12. The van der Waals surface area contributed by atoms with E-state index >= 15 is 0 Å². The Bertz CT molecular complexity index is 730. The van der Waals surface area contributed by atoms with E-state index in [1.54, 1.807) is 0 Å². The molecule has 7 heteroatoms. The number of ether oxygens (including phenoxy) is 3. The first-order chi connectivity index (χ1) is 11.5. The summed E-state index contributed by atoms with van der Waals surface area (Å²) in [7, 11) is -3.35. The van der Waals surface area contributed by atoms with E-state index < -0.39 is 37.7 Å². The fraction of sp³-hybridized carbons (Fsp3) is 1.00. The Morgan fingerprint density at radius 3 is 2.64 bits per heavy atom. The van der Waals surface area contributed by atoms with Crippen molar-refractivity contribution in [3.05, 3.63) is 0 Å². The Balaban J connectivity index is 1.73. The molecule has 8 atom stereocenters. The van der Waals surface area contributed by atoms with E-state index in [1.807, 2.05) is 20.8 Å². The van der Waals surface area contributed by atoms with Crippen molar-refractivity contribution in [2.24, 2.45) is 17.8 Å². The van der Waals surface area contributed by atoms with Crippen molar-refractivity contribution in [3.63, 3.8) is 0 Å². The molecule has 0 aromatic carbocycles. The number of fused-ring (bicyclic) bond motifs is 3. The van der Waals surface area contributed by atoms with Gasteiger partial charge in [-0.25, -0.2) is 8.42 Å². The zero-order valence-electron chi connectivity index (χ0n) is 15.3. The summed E-state index contributed by atoms with van der Waals surface area (Å²) in [5, 5.41) is 10.7. The minimum absolute atomic E-state index is 0.0510. The van der Waals surface area contributed by atoms with Crippen LogP contribution >= 0.6 is 0 Å². The second-order valence-corrected chi connectivity index (χ2v) is 11.8. The normalized spacial score (nSPS) is 60.8. The van der Waals surface area contributed by atoms with E-state index in [1.165, 1.54) is 0 Å². The lowest BCUT2D eigenvalue weighted by atomic mass is 9.43. The molecule has 0 bridgehead atoms. The molecule has 0 radical (unpaired) electrons. The average molecular weight is 372 g/mol. The summed E-state index contributed by atoms with van der Waals surface area (Å²) < 4.78 is 44.7. The molecule has 0 aromatic rings. The van der Waals surface area contributed by atoms with Gasteiger partial charge >= 0.3 is 0 Å². The summed E-state index contributed by atoms with van der Waals surface area (Å²) in [5.41, 5.74) is -1.47. The maximum absolute atomic E-state index is 13.4. The lowest BCUT2D eigenvalue weighted by Crippen LogP contribution is -2.88. The summed E-state index contributed by atoms with van der Waals surface area (Å²) in [4.78, 5) is 0. The van der Waals surface area contributed by atoms with Gasteiger partial charge in [0.2, 0.25) is 0 Å². The van der Waals surface area contributed by atoms with Gasteiger partial charge in [-0.2, -0.15) is 0 Å². The number of hydrogen-bond acceptors (Lipinski definition) is 6. The number of aliphatic hydroxyl groups is 1. The standard InChI is InChI=1S/C18H28O6S/c1-10-9-18-13(16(4)14(10)23-15(2,3)24-16)12-11(19)5-6-17(12,18)22-7-8-25(18,20)21/h10-14,19H,5-9H2,1-4H3/t10-,11-,12+,13+,14-,16+,17-,18+/m0/s1. The molecule has 142 valence electrons. The zero-order chi connectivity index (χ0) is 18.0.